The van der Waals surface area contributed by atoms with Gasteiger partial charge >= 0.3 is 12.0 Å². The Kier molecular flexibility index (Phi) is 5.75. The molecule has 8 nitrogen and oxygen atoms in total. The number of aliphatic hydroxyl groups is 1. The molecule has 0 aromatic heterocycles. The zero-order chi connectivity index (χ0) is 15.3. The minimum Gasteiger partial charge on any atom is -0.481 e. The summed E-state index contributed by atoms with van der Waals surface area (Å²) in [4.78, 5) is 25.8. The third-order valence-corrected chi connectivity index (χ3v) is 4.91. The maximum Gasteiger partial charge on any atom is 0.320 e. The molecular formula is C11H20N2O6S. The molecule has 0 aliphatic carbocycles. The molecule has 1 rings (SSSR count). The molecule has 1 aliphatic rings. The number of carboxylic acids is 1. The summed E-state index contributed by atoms with van der Waals surface area (Å²) < 4.78 is 23.2. The fraction of sp³-hybridized carbons (Fsp3) is 0.818. The minimum atomic E-state index is -3.31. The zero-order valence-corrected chi connectivity index (χ0v) is 12.2. The highest BCUT2D eigenvalue weighted by atomic mass is 32.2. The van der Waals surface area contributed by atoms with Gasteiger partial charge in [0, 0.05) is 19.6 Å². The van der Waals surface area contributed by atoms with Crippen molar-refractivity contribution in [2.24, 2.45) is 0 Å². The van der Waals surface area contributed by atoms with Crippen LogP contribution in [-0.2, 0) is 14.6 Å². The third kappa shape index (κ3) is 4.34. The molecule has 0 spiro atoms. The Morgan fingerprint density at radius 2 is 2.05 bits per heavy atom. The number of rotatable bonds is 5. The monoisotopic (exact) mass is 308 g/mol. The highest BCUT2D eigenvalue weighted by Gasteiger charge is 2.36. The number of carbonyl (C=O) groups excluding carboxylic acids is 1. The van der Waals surface area contributed by atoms with Gasteiger partial charge in [-0.3, -0.25) is 4.79 Å². The van der Waals surface area contributed by atoms with Crippen molar-refractivity contribution in [2.75, 3.05) is 37.7 Å². The number of likely N-dealkylation sites (N-methyl/N-ethyl adjacent to an activating group) is 1. The van der Waals surface area contributed by atoms with Gasteiger partial charge in [-0.15, -0.1) is 0 Å². The Morgan fingerprint density at radius 1 is 1.40 bits per heavy atom. The lowest BCUT2D eigenvalue weighted by Gasteiger charge is -2.37. The van der Waals surface area contributed by atoms with Gasteiger partial charge < -0.3 is 20.0 Å². The van der Waals surface area contributed by atoms with E-state index in [2.05, 4.69) is 0 Å². The summed E-state index contributed by atoms with van der Waals surface area (Å²) in [5, 5.41) is 17.8. The van der Waals surface area contributed by atoms with E-state index >= 15 is 0 Å². The minimum absolute atomic E-state index is 0.0129. The highest BCUT2D eigenvalue weighted by molar-refractivity contribution is 7.91. The van der Waals surface area contributed by atoms with Gasteiger partial charge in [-0.1, -0.05) is 0 Å². The van der Waals surface area contributed by atoms with Crippen LogP contribution in [0, 0.1) is 0 Å². The Hall–Kier alpha value is -1.35. The number of hydrogen-bond acceptors (Lipinski definition) is 5. The molecule has 0 bridgehead atoms. The first-order valence-electron chi connectivity index (χ1n) is 6.39. The summed E-state index contributed by atoms with van der Waals surface area (Å²) in [5.74, 6) is -1.64. The van der Waals surface area contributed by atoms with Crippen LogP contribution >= 0.6 is 0 Å². The SMILES string of the molecule is CCN(CCO)C(=O)N1CCS(=O)(=O)CC1CC(=O)O. The third-order valence-electron chi connectivity index (χ3n) is 3.21. The molecule has 1 unspecified atom stereocenters. The molecule has 0 aromatic rings. The second kappa shape index (κ2) is 6.89. The van der Waals surface area contributed by atoms with Crippen LogP contribution in [-0.4, -0.2) is 84.2 Å². The predicted molar refractivity (Wildman–Crippen MR) is 71.1 cm³/mol. The molecule has 1 heterocycles. The number of hydrogen-bond donors (Lipinski definition) is 2. The smallest absolute Gasteiger partial charge is 0.320 e. The summed E-state index contributed by atoms with van der Waals surface area (Å²) in [6.45, 7) is 2.03. The van der Waals surface area contributed by atoms with Crippen molar-refractivity contribution >= 4 is 21.8 Å². The average Bonchev–Trinajstić information content (AvgIpc) is 2.33. The molecule has 0 aromatic carbocycles. The molecule has 1 fully saturated rings. The fourth-order valence-corrected chi connectivity index (χ4v) is 3.73. The van der Waals surface area contributed by atoms with Crippen LogP contribution in [0.3, 0.4) is 0 Å². The number of aliphatic hydroxyl groups excluding tert-OH is 1. The lowest BCUT2D eigenvalue weighted by molar-refractivity contribution is -0.138. The maximum atomic E-state index is 12.3. The summed E-state index contributed by atoms with van der Waals surface area (Å²) in [6.07, 6.45) is -0.401. The fourth-order valence-electron chi connectivity index (χ4n) is 2.20. The van der Waals surface area contributed by atoms with Crippen molar-refractivity contribution in [2.45, 2.75) is 19.4 Å². The number of carboxylic acid groups (broad SMARTS) is 1. The second-order valence-electron chi connectivity index (χ2n) is 4.65. The zero-order valence-electron chi connectivity index (χ0n) is 11.4. The standard InChI is InChI=1S/C11H20N2O6S/c1-2-12(3-5-14)11(17)13-4-6-20(18,19)8-9(13)7-10(15)16/h9,14H,2-8H2,1H3,(H,15,16). The largest absolute Gasteiger partial charge is 0.481 e. The summed E-state index contributed by atoms with van der Waals surface area (Å²) in [6, 6.07) is -1.28. The van der Waals surface area contributed by atoms with Crippen molar-refractivity contribution in [1.82, 2.24) is 9.80 Å². The molecule has 9 heteroatoms. The summed E-state index contributed by atoms with van der Waals surface area (Å²) >= 11 is 0. The lowest BCUT2D eigenvalue weighted by Crippen LogP contribution is -2.56. The number of amides is 2. The normalized spacial score (nSPS) is 21.5. The molecular weight excluding hydrogens is 288 g/mol. The van der Waals surface area contributed by atoms with Crippen molar-refractivity contribution < 1.29 is 28.2 Å². The Morgan fingerprint density at radius 3 is 2.55 bits per heavy atom. The van der Waals surface area contributed by atoms with Crippen LogP contribution in [0.2, 0.25) is 0 Å². The van der Waals surface area contributed by atoms with E-state index < -0.39 is 34.3 Å². The highest BCUT2D eigenvalue weighted by Crippen LogP contribution is 2.17. The quantitative estimate of drug-likeness (QED) is 0.673. The number of aliphatic carboxylic acids is 1. The van der Waals surface area contributed by atoms with E-state index in [4.69, 9.17) is 10.2 Å². The number of sulfone groups is 1. The van der Waals surface area contributed by atoms with Gasteiger partial charge in [0.05, 0.1) is 30.6 Å². The van der Waals surface area contributed by atoms with E-state index in [1.807, 2.05) is 0 Å². The van der Waals surface area contributed by atoms with Crippen LogP contribution in [0.25, 0.3) is 0 Å². The van der Waals surface area contributed by atoms with Gasteiger partial charge in [-0.25, -0.2) is 13.2 Å². The van der Waals surface area contributed by atoms with Crippen molar-refractivity contribution in [3.63, 3.8) is 0 Å². The van der Waals surface area contributed by atoms with Gasteiger partial charge in [0.25, 0.3) is 0 Å². The Bertz CT molecular complexity index is 464. The van der Waals surface area contributed by atoms with Crippen LogP contribution in [0.1, 0.15) is 13.3 Å². The van der Waals surface area contributed by atoms with Crippen LogP contribution in [0.5, 0.6) is 0 Å². The lowest BCUT2D eigenvalue weighted by atomic mass is 10.2. The second-order valence-corrected chi connectivity index (χ2v) is 6.87. The predicted octanol–water partition coefficient (Wildman–Crippen LogP) is -1.01. The summed E-state index contributed by atoms with van der Waals surface area (Å²) in [7, 11) is -3.31. The molecule has 0 radical (unpaired) electrons. The number of nitrogens with zero attached hydrogens (tertiary/aromatic N) is 2. The van der Waals surface area contributed by atoms with Crippen LogP contribution in [0.15, 0.2) is 0 Å². The van der Waals surface area contributed by atoms with E-state index in [0.29, 0.717) is 6.54 Å². The Balaban J connectivity index is 2.89. The first kappa shape index (κ1) is 16.7. The van der Waals surface area contributed by atoms with Crippen molar-refractivity contribution in [3.05, 3.63) is 0 Å². The number of carbonyl (C=O) groups is 2. The molecule has 20 heavy (non-hydrogen) atoms. The topological polar surface area (TPSA) is 115 Å². The first-order chi connectivity index (χ1) is 9.30. The molecule has 116 valence electrons. The molecule has 0 saturated carbocycles. The van der Waals surface area contributed by atoms with Crippen molar-refractivity contribution in [1.29, 1.82) is 0 Å². The van der Waals surface area contributed by atoms with E-state index in [1.54, 1.807) is 6.92 Å². The van der Waals surface area contributed by atoms with E-state index in [-0.39, 0.29) is 31.2 Å². The van der Waals surface area contributed by atoms with Gasteiger partial charge in [-0.2, -0.15) is 0 Å². The van der Waals surface area contributed by atoms with Crippen LogP contribution < -0.4 is 0 Å². The van der Waals surface area contributed by atoms with E-state index in [1.165, 1.54) is 9.80 Å². The number of urea groups is 1. The van der Waals surface area contributed by atoms with E-state index in [9.17, 15) is 18.0 Å². The van der Waals surface area contributed by atoms with Gasteiger partial charge in [-0.05, 0) is 6.92 Å². The molecule has 1 saturated heterocycles. The Labute approximate surface area is 117 Å². The van der Waals surface area contributed by atoms with Gasteiger partial charge in [0.15, 0.2) is 9.84 Å². The van der Waals surface area contributed by atoms with Gasteiger partial charge in [0.1, 0.15) is 0 Å². The van der Waals surface area contributed by atoms with Gasteiger partial charge in [0.2, 0.25) is 0 Å². The summed E-state index contributed by atoms with van der Waals surface area (Å²) in [5.41, 5.74) is 0. The van der Waals surface area contributed by atoms with Crippen molar-refractivity contribution in [3.8, 4) is 0 Å². The molecule has 2 N–H and O–H groups in total. The van der Waals surface area contributed by atoms with E-state index in [0.717, 1.165) is 0 Å². The first-order valence-corrected chi connectivity index (χ1v) is 8.21. The molecule has 1 aliphatic heterocycles. The molecule has 2 amide bonds. The molecule has 1 atom stereocenters. The average molecular weight is 308 g/mol. The van der Waals surface area contributed by atoms with Crippen LogP contribution in [0.4, 0.5) is 4.79 Å². The maximum absolute atomic E-state index is 12.3.